The molecule has 1 aromatic carbocycles. The van der Waals surface area contributed by atoms with E-state index in [1.807, 2.05) is 38.1 Å². The van der Waals surface area contributed by atoms with E-state index in [4.69, 9.17) is 0 Å². The summed E-state index contributed by atoms with van der Waals surface area (Å²) >= 11 is 3.52. The molecular weight excluding hydrogens is 306 g/mol. The second-order valence-electron chi connectivity index (χ2n) is 4.52. The van der Waals surface area contributed by atoms with Crippen LogP contribution in [0.4, 0.5) is 0 Å². The molecule has 2 rings (SSSR count). The van der Waals surface area contributed by atoms with E-state index < -0.39 is 0 Å². The first-order chi connectivity index (χ1) is 9.02. The van der Waals surface area contributed by atoms with Crippen molar-refractivity contribution in [3.05, 3.63) is 51.8 Å². The van der Waals surface area contributed by atoms with Crippen LogP contribution < -0.4 is 0 Å². The molecule has 1 unspecified atom stereocenters. The fourth-order valence-corrected chi connectivity index (χ4v) is 2.57. The van der Waals surface area contributed by atoms with Crippen LogP contribution in [0.1, 0.15) is 34.6 Å². The Morgan fingerprint density at radius 2 is 2.11 bits per heavy atom. The highest BCUT2D eigenvalue weighted by Crippen LogP contribution is 2.27. The normalized spacial score (nSPS) is 12.2. The standard InChI is InChI=1S/C14H16BrN3O/c1-9-12(8-16-17-9)14(19)18(3)10(2)11-6-4-5-7-13(11)15/h4-8,10H,1-3H3,(H,16,17). The van der Waals surface area contributed by atoms with Crippen molar-refractivity contribution in [2.24, 2.45) is 0 Å². The molecule has 0 aliphatic carbocycles. The Hall–Kier alpha value is -1.62. The zero-order valence-corrected chi connectivity index (χ0v) is 12.7. The number of benzene rings is 1. The number of amides is 1. The zero-order valence-electron chi connectivity index (χ0n) is 11.1. The first kappa shape index (κ1) is 13.8. The average Bonchev–Trinajstić information content (AvgIpc) is 2.83. The highest BCUT2D eigenvalue weighted by Gasteiger charge is 2.22. The summed E-state index contributed by atoms with van der Waals surface area (Å²) in [6.45, 7) is 3.85. The zero-order chi connectivity index (χ0) is 14.0. The Kier molecular flexibility index (Phi) is 4.04. The molecule has 0 saturated carbocycles. The monoisotopic (exact) mass is 321 g/mol. The summed E-state index contributed by atoms with van der Waals surface area (Å²) in [6.07, 6.45) is 1.57. The second kappa shape index (κ2) is 5.57. The van der Waals surface area contributed by atoms with Gasteiger partial charge in [0.2, 0.25) is 0 Å². The number of nitrogens with one attached hydrogen (secondary N) is 1. The largest absolute Gasteiger partial charge is 0.335 e. The predicted molar refractivity (Wildman–Crippen MR) is 78.0 cm³/mol. The van der Waals surface area contributed by atoms with Crippen molar-refractivity contribution in [1.82, 2.24) is 15.1 Å². The van der Waals surface area contributed by atoms with E-state index in [9.17, 15) is 4.79 Å². The Labute approximate surface area is 120 Å². The van der Waals surface area contributed by atoms with Crippen molar-refractivity contribution >= 4 is 21.8 Å². The molecular formula is C14H16BrN3O. The van der Waals surface area contributed by atoms with Crippen LogP contribution in [0.25, 0.3) is 0 Å². The van der Waals surface area contributed by atoms with E-state index in [1.54, 1.807) is 18.1 Å². The van der Waals surface area contributed by atoms with Crippen LogP contribution >= 0.6 is 15.9 Å². The number of nitrogens with zero attached hydrogens (tertiary/aromatic N) is 2. The van der Waals surface area contributed by atoms with Gasteiger partial charge < -0.3 is 4.90 Å². The molecule has 0 saturated heterocycles. The molecule has 1 heterocycles. The van der Waals surface area contributed by atoms with Crippen LogP contribution in [-0.4, -0.2) is 28.1 Å². The Morgan fingerprint density at radius 3 is 2.68 bits per heavy atom. The number of aromatic amines is 1. The second-order valence-corrected chi connectivity index (χ2v) is 5.38. The maximum absolute atomic E-state index is 12.4. The molecule has 4 nitrogen and oxygen atoms in total. The molecule has 0 spiro atoms. The summed E-state index contributed by atoms with van der Waals surface area (Å²) in [5, 5.41) is 6.68. The molecule has 2 aromatic rings. The van der Waals surface area contributed by atoms with E-state index in [0.29, 0.717) is 5.56 Å². The highest BCUT2D eigenvalue weighted by molar-refractivity contribution is 9.10. The number of halogens is 1. The quantitative estimate of drug-likeness (QED) is 0.942. The molecule has 1 amide bonds. The number of carbonyl (C=O) groups is 1. The van der Waals surface area contributed by atoms with Crippen molar-refractivity contribution in [3.63, 3.8) is 0 Å². The third-order valence-electron chi connectivity index (χ3n) is 3.32. The van der Waals surface area contributed by atoms with Gasteiger partial charge in [-0.2, -0.15) is 5.10 Å². The van der Waals surface area contributed by atoms with Crippen LogP contribution in [0, 0.1) is 6.92 Å². The lowest BCUT2D eigenvalue weighted by atomic mass is 10.1. The number of aryl methyl sites for hydroxylation is 1. The summed E-state index contributed by atoms with van der Waals surface area (Å²) in [5.74, 6) is -0.0329. The molecule has 1 aromatic heterocycles. The van der Waals surface area contributed by atoms with Crippen molar-refractivity contribution in [2.45, 2.75) is 19.9 Å². The Bertz CT molecular complexity index is 594. The minimum Gasteiger partial charge on any atom is -0.335 e. The first-order valence-corrected chi connectivity index (χ1v) is 6.83. The lowest BCUT2D eigenvalue weighted by Crippen LogP contribution is -2.30. The topological polar surface area (TPSA) is 49.0 Å². The molecule has 0 bridgehead atoms. The summed E-state index contributed by atoms with van der Waals surface area (Å²) in [6, 6.07) is 7.91. The highest BCUT2D eigenvalue weighted by atomic mass is 79.9. The van der Waals surface area contributed by atoms with E-state index in [0.717, 1.165) is 15.7 Å². The van der Waals surface area contributed by atoms with Gasteiger partial charge in [-0.1, -0.05) is 34.1 Å². The lowest BCUT2D eigenvalue weighted by Gasteiger charge is -2.26. The molecule has 0 fully saturated rings. The van der Waals surface area contributed by atoms with Crippen molar-refractivity contribution in [3.8, 4) is 0 Å². The van der Waals surface area contributed by atoms with Gasteiger partial charge in [0.1, 0.15) is 0 Å². The van der Waals surface area contributed by atoms with Gasteiger partial charge in [0, 0.05) is 17.2 Å². The molecule has 19 heavy (non-hydrogen) atoms. The van der Waals surface area contributed by atoms with Crippen LogP contribution in [0.15, 0.2) is 34.9 Å². The van der Waals surface area contributed by atoms with Gasteiger partial charge in [-0.05, 0) is 25.5 Å². The van der Waals surface area contributed by atoms with E-state index >= 15 is 0 Å². The van der Waals surface area contributed by atoms with Crippen molar-refractivity contribution in [2.75, 3.05) is 7.05 Å². The Balaban J connectivity index is 2.25. The van der Waals surface area contributed by atoms with Crippen molar-refractivity contribution in [1.29, 1.82) is 0 Å². The van der Waals surface area contributed by atoms with Gasteiger partial charge in [-0.3, -0.25) is 9.89 Å². The number of aromatic nitrogens is 2. The van der Waals surface area contributed by atoms with Crippen LogP contribution in [0.5, 0.6) is 0 Å². The van der Waals surface area contributed by atoms with Gasteiger partial charge in [-0.25, -0.2) is 0 Å². The van der Waals surface area contributed by atoms with Crippen molar-refractivity contribution < 1.29 is 4.79 Å². The third kappa shape index (κ3) is 2.71. The first-order valence-electron chi connectivity index (χ1n) is 6.04. The minimum atomic E-state index is -0.0329. The van der Waals surface area contributed by atoms with Gasteiger partial charge in [0.15, 0.2) is 0 Å². The number of rotatable bonds is 3. The van der Waals surface area contributed by atoms with Crippen LogP contribution in [0.2, 0.25) is 0 Å². The maximum Gasteiger partial charge on any atom is 0.257 e. The predicted octanol–water partition coefficient (Wildman–Crippen LogP) is 3.31. The third-order valence-corrected chi connectivity index (χ3v) is 4.04. The number of hydrogen-bond donors (Lipinski definition) is 1. The fraction of sp³-hybridized carbons (Fsp3) is 0.286. The SMILES string of the molecule is Cc1[nH]ncc1C(=O)N(C)C(C)c1ccccc1Br. The maximum atomic E-state index is 12.4. The number of carbonyl (C=O) groups excluding carboxylic acids is 1. The van der Waals surface area contributed by atoms with Gasteiger partial charge in [-0.15, -0.1) is 0 Å². The minimum absolute atomic E-state index is 0.0163. The van der Waals surface area contributed by atoms with E-state index in [-0.39, 0.29) is 11.9 Å². The molecule has 0 aliphatic heterocycles. The molecule has 5 heteroatoms. The summed E-state index contributed by atoms with van der Waals surface area (Å²) in [4.78, 5) is 14.1. The lowest BCUT2D eigenvalue weighted by molar-refractivity contribution is 0.0741. The van der Waals surface area contributed by atoms with Crippen LogP contribution in [-0.2, 0) is 0 Å². The number of H-pyrrole nitrogens is 1. The smallest absolute Gasteiger partial charge is 0.257 e. The number of hydrogen-bond acceptors (Lipinski definition) is 2. The van der Waals surface area contributed by atoms with Gasteiger partial charge in [0.25, 0.3) is 5.91 Å². The fourth-order valence-electron chi connectivity index (χ4n) is 1.95. The molecule has 0 aliphatic rings. The molecule has 100 valence electrons. The summed E-state index contributed by atoms with van der Waals surface area (Å²) < 4.78 is 1.01. The van der Waals surface area contributed by atoms with Gasteiger partial charge >= 0.3 is 0 Å². The van der Waals surface area contributed by atoms with E-state index in [1.165, 1.54) is 0 Å². The summed E-state index contributed by atoms with van der Waals surface area (Å²) in [5.41, 5.74) is 2.48. The Morgan fingerprint density at radius 1 is 1.42 bits per heavy atom. The van der Waals surface area contributed by atoms with E-state index in [2.05, 4.69) is 26.1 Å². The average molecular weight is 322 g/mol. The van der Waals surface area contributed by atoms with Crippen LogP contribution in [0.3, 0.4) is 0 Å². The van der Waals surface area contributed by atoms with Gasteiger partial charge in [0.05, 0.1) is 17.8 Å². The molecule has 0 radical (unpaired) electrons. The molecule has 1 atom stereocenters. The molecule has 1 N–H and O–H groups in total. The summed E-state index contributed by atoms with van der Waals surface area (Å²) in [7, 11) is 1.80.